The van der Waals surface area contributed by atoms with Gasteiger partial charge < -0.3 is 14.2 Å². The minimum absolute atomic E-state index is 0.0782. The number of Topliss-reactive ketones (excluding diaryl/α,β-unsaturated/α-hetero) is 1. The summed E-state index contributed by atoms with van der Waals surface area (Å²) in [5.74, 6) is -0.653. The summed E-state index contributed by atoms with van der Waals surface area (Å²) in [7, 11) is 1.56. The second-order valence-corrected chi connectivity index (χ2v) is 8.64. The molecule has 3 atom stereocenters. The van der Waals surface area contributed by atoms with Crippen LogP contribution >= 0.6 is 0 Å². The molecule has 4 rings (SSSR count). The summed E-state index contributed by atoms with van der Waals surface area (Å²) in [4.78, 5) is 31.7. The highest BCUT2D eigenvalue weighted by Crippen LogP contribution is 2.48. The molecule has 1 heterocycles. The molecule has 0 bridgehead atoms. The van der Waals surface area contributed by atoms with Gasteiger partial charge in [0.15, 0.2) is 0 Å². The topological polar surface area (TPSA) is 74.2 Å². The Hall–Kier alpha value is -3.25. The Labute approximate surface area is 200 Å². The molecule has 1 aliphatic heterocycles. The normalized spacial score (nSPS) is 22.1. The van der Waals surface area contributed by atoms with Crippen LogP contribution in [0, 0.1) is 5.92 Å². The first-order chi connectivity index (χ1) is 16.5. The van der Waals surface area contributed by atoms with Gasteiger partial charge in [-0.05, 0) is 37.8 Å². The third kappa shape index (κ3) is 4.82. The number of carbonyl (C=O) groups is 2. The third-order valence-corrected chi connectivity index (χ3v) is 6.52. The van der Waals surface area contributed by atoms with Crippen LogP contribution in [0.3, 0.4) is 0 Å². The molecule has 2 aromatic rings. The summed E-state index contributed by atoms with van der Waals surface area (Å²) in [5.41, 5.74) is 3.78. The van der Waals surface area contributed by atoms with E-state index in [0.717, 1.165) is 16.8 Å². The highest BCUT2D eigenvalue weighted by atomic mass is 16.6. The quantitative estimate of drug-likeness (QED) is 0.415. The molecule has 0 aromatic heterocycles. The van der Waals surface area contributed by atoms with E-state index in [2.05, 4.69) is 12.1 Å². The number of rotatable bonds is 8. The molecule has 0 N–H and O–H groups in total. The number of allylic oxidation sites excluding steroid dienone is 1. The van der Waals surface area contributed by atoms with Gasteiger partial charge in [-0.15, -0.1) is 0 Å². The summed E-state index contributed by atoms with van der Waals surface area (Å²) >= 11 is 0. The molecule has 2 aliphatic rings. The molecular weight excluding hydrogens is 430 g/mol. The van der Waals surface area contributed by atoms with Crippen molar-refractivity contribution in [2.45, 2.75) is 38.5 Å². The van der Waals surface area contributed by atoms with E-state index in [0.29, 0.717) is 43.1 Å². The second-order valence-electron chi connectivity index (χ2n) is 8.64. The minimum atomic E-state index is -0.518. The van der Waals surface area contributed by atoms with E-state index in [1.807, 2.05) is 56.3 Å². The Morgan fingerprint density at radius 2 is 1.74 bits per heavy atom. The number of hydrogen-bond donors (Lipinski definition) is 0. The van der Waals surface area contributed by atoms with Crippen molar-refractivity contribution in [1.82, 2.24) is 0 Å². The van der Waals surface area contributed by atoms with Crippen LogP contribution in [0.5, 0.6) is 5.75 Å². The fraction of sp³-hybridized carbons (Fsp3) is 0.393. The summed E-state index contributed by atoms with van der Waals surface area (Å²) in [5, 5.41) is 0. The molecule has 34 heavy (non-hydrogen) atoms. The number of methoxy groups -OCH3 is 1. The fourth-order valence-electron chi connectivity index (χ4n) is 5.06. The van der Waals surface area contributed by atoms with Crippen molar-refractivity contribution >= 4 is 17.5 Å². The number of hydrogen-bond acceptors (Lipinski definition) is 6. The predicted octanol–water partition coefficient (Wildman–Crippen LogP) is 4.85. The number of esters is 1. The van der Waals surface area contributed by atoms with Gasteiger partial charge in [0.25, 0.3) is 0 Å². The Kier molecular flexibility index (Phi) is 7.58. The Balaban J connectivity index is 1.78. The van der Waals surface area contributed by atoms with Crippen LogP contribution in [-0.2, 0) is 19.1 Å². The van der Waals surface area contributed by atoms with Gasteiger partial charge in [-0.25, -0.2) is 4.79 Å². The van der Waals surface area contributed by atoms with Gasteiger partial charge in [0, 0.05) is 36.4 Å². The summed E-state index contributed by atoms with van der Waals surface area (Å²) in [6.45, 7) is 4.66. The van der Waals surface area contributed by atoms with Crippen molar-refractivity contribution in [3.05, 3.63) is 77.0 Å². The highest BCUT2D eigenvalue weighted by molar-refractivity contribution is 6.12. The number of nitrogens with zero attached hydrogens (tertiary/aromatic N) is 1. The van der Waals surface area contributed by atoms with E-state index in [1.165, 1.54) is 0 Å². The molecule has 0 amide bonds. The molecule has 6 heteroatoms. The average Bonchev–Trinajstić information content (AvgIpc) is 2.84. The van der Waals surface area contributed by atoms with Crippen molar-refractivity contribution in [3.8, 4) is 5.75 Å². The maximum Gasteiger partial charge on any atom is 0.336 e. The maximum atomic E-state index is 13.7. The largest absolute Gasteiger partial charge is 0.494 e. The first kappa shape index (κ1) is 23.9. The first-order valence-corrected chi connectivity index (χ1v) is 11.8. The number of aliphatic imine (C=N–C) groups is 1. The lowest BCUT2D eigenvalue weighted by atomic mass is 9.66. The van der Waals surface area contributed by atoms with E-state index in [1.54, 1.807) is 7.11 Å². The Morgan fingerprint density at radius 3 is 2.47 bits per heavy atom. The van der Waals surface area contributed by atoms with Crippen LogP contribution in [0.1, 0.15) is 49.7 Å². The van der Waals surface area contributed by atoms with Crippen molar-refractivity contribution < 1.29 is 23.8 Å². The number of para-hydroxylation sites is 1. The van der Waals surface area contributed by atoms with Crippen molar-refractivity contribution in [2.75, 3.05) is 26.9 Å². The fourth-order valence-corrected chi connectivity index (χ4v) is 5.06. The lowest BCUT2D eigenvalue weighted by Crippen LogP contribution is -2.41. The number of carbonyl (C=O) groups excluding carboxylic acids is 2. The Morgan fingerprint density at radius 1 is 1.00 bits per heavy atom. The zero-order chi connectivity index (χ0) is 24.1. The van der Waals surface area contributed by atoms with Crippen LogP contribution in [0.2, 0.25) is 0 Å². The SMILES string of the molecule is CCOc1ccccc1[C@@H]1C(C(=O)OCCOC)=C(C)N=C2C[C@H](c3ccccc3)CC(=O)C21. The van der Waals surface area contributed by atoms with Gasteiger partial charge in [-0.3, -0.25) is 9.79 Å². The summed E-state index contributed by atoms with van der Waals surface area (Å²) < 4.78 is 16.4. The van der Waals surface area contributed by atoms with E-state index in [9.17, 15) is 9.59 Å². The van der Waals surface area contributed by atoms with Crippen molar-refractivity contribution in [1.29, 1.82) is 0 Å². The van der Waals surface area contributed by atoms with Crippen LogP contribution in [0.15, 0.2) is 70.9 Å². The first-order valence-electron chi connectivity index (χ1n) is 11.8. The van der Waals surface area contributed by atoms with E-state index < -0.39 is 17.8 Å². The van der Waals surface area contributed by atoms with Gasteiger partial charge in [0.05, 0.1) is 24.7 Å². The maximum absolute atomic E-state index is 13.7. The molecule has 0 spiro atoms. The lowest BCUT2D eigenvalue weighted by molar-refractivity contribution is -0.140. The number of benzene rings is 2. The summed E-state index contributed by atoms with van der Waals surface area (Å²) in [6, 6.07) is 17.7. The third-order valence-electron chi connectivity index (χ3n) is 6.52. The van der Waals surface area contributed by atoms with Crippen LogP contribution in [-0.4, -0.2) is 44.4 Å². The van der Waals surface area contributed by atoms with Crippen LogP contribution < -0.4 is 4.74 Å². The molecule has 178 valence electrons. The second kappa shape index (κ2) is 10.8. The molecule has 1 unspecified atom stereocenters. The molecule has 1 fully saturated rings. The van der Waals surface area contributed by atoms with Gasteiger partial charge in [-0.1, -0.05) is 48.5 Å². The number of fused-ring (bicyclic) bond motifs is 1. The number of ether oxygens (including phenoxy) is 3. The molecule has 2 aromatic carbocycles. The zero-order valence-electron chi connectivity index (χ0n) is 20.0. The van der Waals surface area contributed by atoms with Crippen molar-refractivity contribution in [2.24, 2.45) is 10.9 Å². The smallest absolute Gasteiger partial charge is 0.336 e. The molecule has 0 radical (unpaired) electrons. The molecule has 6 nitrogen and oxygen atoms in total. The highest BCUT2D eigenvalue weighted by Gasteiger charge is 2.46. The monoisotopic (exact) mass is 461 g/mol. The van der Waals surface area contributed by atoms with E-state index in [-0.39, 0.29) is 18.3 Å². The standard InChI is InChI=1S/C28H31NO5/c1-4-33-24-13-9-8-12-21(24)26-25(28(31)34-15-14-32-3)18(2)29-22-16-20(17-23(30)27(22)26)19-10-6-5-7-11-19/h5-13,20,26-27H,4,14-17H2,1-3H3/t20-,26+,27?/m0/s1. The molecule has 0 saturated heterocycles. The van der Waals surface area contributed by atoms with Crippen molar-refractivity contribution in [3.63, 3.8) is 0 Å². The van der Waals surface area contributed by atoms with Crippen LogP contribution in [0.25, 0.3) is 0 Å². The van der Waals surface area contributed by atoms with Gasteiger partial charge in [-0.2, -0.15) is 0 Å². The predicted molar refractivity (Wildman–Crippen MR) is 130 cm³/mol. The molecule has 1 aliphatic carbocycles. The van der Waals surface area contributed by atoms with Gasteiger partial charge >= 0.3 is 5.97 Å². The molecular formula is C28H31NO5. The molecule has 1 saturated carbocycles. The van der Waals surface area contributed by atoms with E-state index >= 15 is 0 Å². The minimum Gasteiger partial charge on any atom is -0.494 e. The zero-order valence-corrected chi connectivity index (χ0v) is 20.0. The number of ketones is 1. The Bertz CT molecular complexity index is 1100. The lowest BCUT2D eigenvalue weighted by Gasteiger charge is -2.38. The van der Waals surface area contributed by atoms with Gasteiger partial charge in [0.2, 0.25) is 0 Å². The average molecular weight is 462 g/mol. The van der Waals surface area contributed by atoms with Gasteiger partial charge in [0.1, 0.15) is 18.1 Å². The summed E-state index contributed by atoms with van der Waals surface area (Å²) in [6.07, 6.45) is 1.09. The van der Waals surface area contributed by atoms with Crippen LogP contribution in [0.4, 0.5) is 0 Å². The van der Waals surface area contributed by atoms with E-state index in [4.69, 9.17) is 19.2 Å².